The first kappa shape index (κ1) is 13.5. The third-order valence-electron chi connectivity index (χ3n) is 2.64. The van der Waals surface area contributed by atoms with Crippen molar-refractivity contribution in [3.8, 4) is 0 Å². The second-order valence-electron chi connectivity index (χ2n) is 3.82. The maximum Gasteiger partial charge on any atom is 0.416 e. The molecule has 0 aliphatic carbocycles. The van der Waals surface area contributed by atoms with E-state index < -0.39 is 10.9 Å². The number of amides is 2. The van der Waals surface area contributed by atoms with Crippen LogP contribution in [0.4, 0.5) is 4.79 Å². The summed E-state index contributed by atoms with van der Waals surface area (Å²) in [6.45, 7) is 0.580. The average Bonchev–Trinajstić information content (AvgIpc) is 2.83. The fourth-order valence-corrected chi connectivity index (χ4v) is 2.76. The molecule has 1 saturated heterocycles. The highest BCUT2D eigenvalue weighted by atomic mass is 79.9. The Morgan fingerprint density at radius 2 is 1.94 bits per heavy atom. The zero-order valence-corrected chi connectivity index (χ0v) is 12.6. The van der Waals surface area contributed by atoms with E-state index in [1.54, 1.807) is 0 Å². The summed E-state index contributed by atoms with van der Waals surface area (Å²) in [5, 5.41) is 0. The third kappa shape index (κ3) is 2.75. The number of hydrogen-bond donors (Lipinski definition) is 0. The topological polar surface area (TPSA) is 46.6 Å². The van der Waals surface area contributed by atoms with Crippen molar-refractivity contribution in [2.45, 2.75) is 9.65 Å². The van der Waals surface area contributed by atoms with Crippen LogP contribution in [0.3, 0.4) is 0 Å². The van der Waals surface area contributed by atoms with E-state index in [1.807, 2.05) is 30.3 Å². The lowest BCUT2D eigenvalue weighted by Gasteiger charge is -2.20. The molecule has 18 heavy (non-hydrogen) atoms. The van der Waals surface area contributed by atoms with Crippen LogP contribution in [0.25, 0.3) is 0 Å². The van der Waals surface area contributed by atoms with Gasteiger partial charge in [0.05, 0.1) is 11.4 Å². The Balaban J connectivity index is 2.09. The monoisotopic (exact) mass is 375 g/mol. The molecule has 1 aliphatic rings. The number of imide groups is 1. The Kier molecular flexibility index (Phi) is 4.40. The first-order valence-corrected chi connectivity index (χ1v) is 7.25. The van der Waals surface area contributed by atoms with Gasteiger partial charge in [-0.2, -0.15) is 0 Å². The molecule has 1 aromatic carbocycles. The number of halogens is 2. The molecule has 6 heteroatoms. The fraction of sp³-hybridized carbons (Fsp3) is 0.333. The van der Waals surface area contributed by atoms with E-state index in [1.165, 1.54) is 0 Å². The SMILES string of the molecule is O=C1OCCN1C(=O)[C@H](Br)[C@H](Br)c1ccccc1. The van der Waals surface area contributed by atoms with Gasteiger partial charge in [0, 0.05) is 0 Å². The molecule has 0 saturated carbocycles. The highest BCUT2D eigenvalue weighted by Crippen LogP contribution is 2.32. The fourth-order valence-electron chi connectivity index (χ4n) is 1.67. The van der Waals surface area contributed by atoms with Gasteiger partial charge in [-0.05, 0) is 5.56 Å². The van der Waals surface area contributed by atoms with Crippen molar-refractivity contribution in [2.24, 2.45) is 0 Å². The summed E-state index contributed by atoms with van der Waals surface area (Å²) in [5.41, 5.74) is 0.972. The molecule has 4 nitrogen and oxygen atoms in total. The molecule has 0 radical (unpaired) electrons. The Hall–Kier alpha value is -0.880. The molecule has 2 atom stereocenters. The van der Waals surface area contributed by atoms with Gasteiger partial charge in [0.25, 0.3) is 0 Å². The van der Waals surface area contributed by atoms with E-state index in [2.05, 4.69) is 31.9 Å². The molecule has 0 bridgehead atoms. The molecule has 96 valence electrons. The van der Waals surface area contributed by atoms with Crippen molar-refractivity contribution in [2.75, 3.05) is 13.2 Å². The van der Waals surface area contributed by atoms with Crippen LogP contribution in [0.1, 0.15) is 10.4 Å². The van der Waals surface area contributed by atoms with Crippen LogP contribution in [0.2, 0.25) is 0 Å². The highest BCUT2D eigenvalue weighted by molar-refractivity contribution is 9.12. The Morgan fingerprint density at radius 1 is 1.28 bits per heavy atom. The van der Waals surface area contributed by atoms with Gasteiger partial charge >= 0.3 is 6.09 Å². The van der Waals surface area contributed by atoms with Crippen LogP contribution < -0.4 is 0 Å². The van der Waals surface area contributed by atoms with E-state index >= 15 is 0 Å². The summed E-state index contributed by atoms with van der Waals surface area (Å²) >= 11 is 6.81. The van der Waals surface area contributed by atoms with Gasteiger partial charge in [0.15, 0.2) is 0 Å². The molecule has 2 rings (SSSR count). The van der Waals surface area contributed by atoms with Gasteiger partial charge in [0.1, 0.15) is 11.4 Å². The van der Waals surface area contributed by atoms with Crippen molar-refractivity contribution >= 4 is 43.9 Å². The van der Waals surface area contributed by atoms with Gasteiger partial charge in [0.2, 0.25) is 5.91 Å². The summed E-state index contributed by atoms with van der Waals surface area (Å²) in [5.74, 6) is -0.289. The van der Waals surface area contributed by atoms with Crippen LogP contribution in [0, 0.1) is 0 Å². The number of rotatable bonds is 3. The molecule has 1 aliphatic heterocycles. The molecule has 0 aromatic heterocycles. The van der Waals surface area contributed by atoms with Crippen molar-refractivity contribution in [3.05, 3.63) is 35.9 Å². The number of cyclic esters (lactones) is 1. The third-order valence-corrected chi connectivity index (χ3v) is 5.32. The van der Waals surface area contributed by atoms with Crippen LogP contribution in [-0.4, -0.2) is 34.9 Å². The predicted molar refractivity (Wildman–Crippen MR) is 73.9 cm³/mol. The number of alkyl halides is 2. The molecule has 1 aromatic rings. The van der Waals surface area contributed by atoms with Gasteiger partial charge in [-0.1, -0.05) is 62.2 Å². The molecule has 2 amide bonds. The molecular formula is C12H11Br2NO3. The standard InChI is InChI=1S/C12H11Br2NO3/c13-9(8-4-2-1-3-5-8)10(14)11(16)15-6-7-18-12(15)17/h1-5,9-10H,6-7H2/t9-,10-/m1/s1. The molecular weight excluding hydrogens is 366 g/mol. The predicted octanol–water partition coefficient (Wildman–Crippen LogP) is 2.86. The molecule has 1 fully saturated rings. The number of ether oxygens (including phenoxy) is 1. The van der Waals surface area contributed by atoms with Gasteiger partial charge in [-0.25, -0.2) is 9.69 Å². The van der Waals surface area contributed by atoms with E-state index in [-0.39, 0.29) is 17.3 Å². The summed E-state index contributed by atoms with van der Waals surface area (Å²) in [6, 6.07) is 9.55. The molecule has 0 spiro atoms. The zero-order valence-electron chi connectivity index (χ0n) is 9.38. The number of carbonyl (C=O) groups excluding carboxylic acids is 2. The van der Waals surface area contributed by atoms with Crippen LogP contribution in [0.15, 0.2) is 30.3 Å². The Labute approximate surface area is 122 Å². The van der Waals surface area contributed by atoms with Crippen molar-refractivity contribution in [3.63, 3.8) is 0 Å². The Bertz CT molecular complexity index is 452. The lowest BCUT2D eigenvalue weighted by atomic mass is 10.1. The summed E-state index contributed by atoms with van der Waals surface area (Å²) in [4.78, 5) is 23.9. The molecule has 0 N–H and O–H groups in total. The Morgan fingerprint density at radius 3 is 2.50 bits per heavy atom. The molecule has 0 unspecified atom stereocenters. The maximum absolute atomic E-state index is 12.1. The van der Waals surface area contributed by atoms with E-state index in [4.69, 9.17) is 4.74 Å². The minimum atomic E-state index is -0.572. The van der Waals surface area contributed by atoms with Crippen molar-refractivity contribution in [1.29, 1.82) is 0 Å². The minimum Gasteiger partial charge on any atom is -0.447 e. The highest BCUT2D eigenvalue weighted by Gasteiger charge is 2.35. The number of benzene rings is 1. The van der Waals surface area contributed by atoms with Crippen molar-refractivity contribution in [1.82, 2.24) is 4.90 Å². The van der Waals surface area contributed by atoms with Gasteiger partial charge in [-0.3, -0.25) is 4.79 Å². The van der Waals surface area contributed by atoms with E-state index in [0.717, 1.165) is 10.5 Å². The first-order valence-electron chi connectivity index (χ1n) is 5.42. The summed E-state index contributed by atoms with van der Waals surface area (Å²) < 4.78 is 4.75. The first-order chi connectivity index (χ1) is 8.61. The maximum atomic E-state index is 12.1. The number of carbonyl (C=O) groups is 2. The van der Waals surface area contributed by atoms with E-state index in [9.17, 15) is 9.59 Å². The van der Waals surface area contributed by atoms with Crippen LogP contribution in [-0.2, 0) is 9.53 Å². The minimum absolute atomic E-state index is 0.195. The van der Waals surface area contributed by atoms with Gasteiger partial charge in [-0.15, -0.1) is 0 Å². The van der Waals surface area contributed by atoms with Crippen LogP contribution >= 0.6 is 31.9 Å². The smallest absolute Gasteiger partial charge is 0.416 e. The second-order valence-corrected chi connectivity index (χ2v) is 5.79. The van der Waals surface area contributed by atoms with Crippen molar-refractivity contribution < 1.29 is 14.3 Å². The van der Waals surface area contributed by atoms with Crippen LogP contribution in [0.5, 0.6) is 0 Å². The zero-order chi connectivity index (χ0) is 13.1. The number of hydrogen-bond acceptors (Lipinski definition) is 3. The largest absolute Gasteiger partial charge is 0.447 e. The quantitative estimate of drug-likeness (QED) is 0.762. The average molecular weight is 377 g/mol. The lowest BCUT2D eigenvalue weighted by Crippen LogP contribution is -2.38. The van der Waals surface area contributed by atoms with E-state index in [0.29, 0.717) is 6.54 Å². The second kappa shape index (κ2) is 5.84. The molecule has 1 heterocycles. The summed E-state index contributed by atoms with van der Waals surface area (Å²) in [6.07, 6.45) is -0.572. The normalized spacial score (nSPS) is 18.3. The summed E-state index contributed by atoms with van der Waals surface area (Å²) in [7, 11) is 0. The lowest BCUT2D eigenvalue weighted by molar-refractivity contribution is -0.127. The number of nitrogens with zero attached hydrogens (tertiary/aromatic N) is 1. The van der Waals surface area contributed by atoms with Gasteiger partial charge < -0.3 is 4.74 Å².